The summed E-state index contributed by atoms with van der Waals surface area (Å²) in [6.07, 6.45) is 1.79. The highest BCUT2D eigenvalue weighted by atomic mass is 16.3. The molecule has 1 N–H and O–H groups in total. The van der Waals surface area contributed by atoms with Gasteiger partial charge < -0.3 is 9.73 Å². The molecule has 0 saturated heterocycles. The van der Waals surface area contributed by atoms with Crippen LogP contribution in [0.2, 0.25) is 0 Å². The van der Waals surface area contributed by atoms with Gasteiger partial charge in [0.25, 0.3) is 0 Å². The fraction of sp³-hybridized carbons (Fsp3) is 0.692. The van der Waals surface area contributed by atoms with Crippen molar-refractivity contribution in [1.29, 1.82) is 0 Å². The highest BCUT2D eigenvalue weighted by Gasteiger charge is 2.09. The Hall–Kier alpha value is -0.800. The minimum atomic E-state index is 0.492. The largest absolute Gasteiger partial charge is 0.468 e. The van der Waals surface area contributed by atoms with E-state index in [4.69, 9.17) is 4.42 Å². The Morgan fingerprint density at radius 1 is 1.31 bits per heavy atom. The molecule has 0 aliphatic rings. The quantitative estimate of drug-likeness (QED) is 0.771. The van der Waals surface area contributed by atoms with Gasteiger partial charge in [0.05, 0.1) is 12.8 Å². The van der Waals surface area contributed by atoms with Gasteiger partial charge in [-0.1, -0.05) is 27.7 Å². The fourth-order valence-corrected chi connectivity index (χ4v) is 1.65. The van der Waals surface area contributed by atoms with Crippen molar-refractivity contribution >= 4 is 0 Å². The number of hydrogen-bond donors (Lipinski definition) is 1. The van der Waals surface area contributed by atoms with E-state index in [2.05, 4.69) is 44.0 Å². The first-order valence-corrected chi connectivity index (χ1v) is 6.18. The van der Waals surface area contributed by atoms with E-state index in [-0.39, 0.29) is 0 Å². The van der Waals surface area contributed by atoms with Crippen molar-refractivity contribution in [2.24, 2.45) is 0 Å². The van der Waals surface area contributed by atoms with Crippen molar-refractivity contribution in [2.45, 2.75) is 46.8 Å². The molecule has 0 saturated carbocycles. The molecule has 3 heteroatoms. The minimum Gasteiger partial charge on any atom is -0.468 e. The Morgan fingerprint density at radius 3 is 2.56 bits per heavy atom. The van der Waals surface area contributed by atoms with E-state index >= 15 is 0 Å². The summed E-state index contributed by atoms with van der Waals surface area (Å²) in [7, 11) is 0. The van der Waals surface area contributed by atoms with Gasteiger partial charge in [-0.05, 0) is 19.2 Å². The first-order chi connectivity index (χ1) is 7.67. The molecule has 1 rings (SSSR count). The molecule has 3 nitrogen and oxygen atoms in total. The summed E-state index contributed by atoms with van der Waals surface area (Å²) in [6.45, 7) is 12.6. The molecule has 0 unspecified atom stereocenters. The van der Waals surface area contributed by atoms with Crippen molar-refractivity contribution in [3.63, 3.8) is 0 Å². The van der Waals surface area contributed by atoms with Crippen molar-refractivity contribution in [3.8, 4) is 0 Å². The third-order valence-electron chi connectivity index (χ3n) is 2.80. The molecule has 0 spiro atoms. The molecule has 0 radical (unpaired) electrons. The maximum atomic E-state index is 5.52. The van der Waals surface area contributed by atoms with E-state index in [1.54, 1.807) is 6.26 Å². The molecule has 16 heavy (non-hydrogen) atoms. The molecule has 0 aliphatic heterocycles. The molecule has 0 bridgehead atoms. The summed E-state index contributed by atoms with van der Waals surface area (Å²) < 4.78 is 5.52. The Kier molecular flexibility index (Phi) is 5.56. The van der Waals surface area contributed by atoms with E-state index in [1.165, 1.54) is 5.56 Å². The van der Waals surface area contributed by atoms with Gasteiger partial charge in [0.1, 0.15) is 5.76 Å². The van der Waals surface area contributed by atoms with Crippen molar-refractivity contribution in [1.82, 2.24) is 10.2 Å². The Morgan fingerprint density at radius 2 is 2.00 bits per heavy atom. The van der Waals surface area contributed by atoms with Crippen molar-refractivity contribution in [2.75, 3.05) is 13.1 Å². The van der Waals surface area contributed by atoms with Crippen LogP contribution in [0.25, 0.3) is 0 Å². The second-order valence-electron chi connectivity index (χ2n) is 4.37. The van der Waals surface area contributed by atoms with Gasteiger partial charge >= 0.3 is 0 Å². The third kappa shape index (κ3) is 3.99. The molecule has 1 aromatic heterocycles. The lowest BCUT2D eigenvalue weighted by Crippen LogP contribution is -2.25. The lowest BCUT2D eigenvalue weighted by Gasteiger charge is -2.18. The lowest BCUT2D eigenvalue weighted by molar-refractivity contribution is 0.292. The van der Waals surface area contributed by atoms with Gasteiger partial charge in [0.2, 0.25) is 0 Å². The minimum absolute atomic E-state index is 0.492. The molecule has 0 fully saturated rings. The molecule has 1 heterocycles. The molecule has 0 aliphatic carbocycles. The summed E-state index contributed by atoms with van der Waals surface area (Å²) in [4.78, 5) is 2.39. The summed E-state index contributed by atoms with van der Waals surface area (Å²) in [5, 5.41) is 3.39. The smallest absolute Gasteiger partial charge is 0.122 e. The second-order valence-corrected chi connectivity index (χ2v) is 4.37. The van der Waals surface area contributed by atoms with Crippen LogP contribution in [-0.2, 0) is 13.1 Å². The zero-order valence-electron chi connectivity index (χ0n) is 10.9. The molecule has 92 valence electrons. The lowest BCUT2D eigenvalue weighted by atomic mass is 10.2. The summed E-state index contributed by atoms with van der Waals surface area (Å²) in [5.74, 6) is 1.07. The normalized spacial score (nSPS) is 11.6. The van der Waals surface area contributed by atoms with Crippen LogP contribution >= 0.6 is 0 Å². The van der Waals surface area contributed by atoms with E-state index in [0.717, 1.165) is 31.9 Å². The van der Waals surface area contributed by atoms with Crippen LogP contribution in [0.1, 0.15) is 39.0 Å². The Labute approximate surface area is 98.8 Å². The number of hydrogen-bond acceptors (Lipinski definition) is 3. The van der Waals surface area contributed by atoms with E-state index in [0.29, 0.717) is 6.04 Å². The number of nitrogens with one attached hydrogen (secondary N) is 1. The highest BCUT2D eigenvalue weighted by molar-refractivity contribution is 5.16. The zero-order valence-corrected chi connectivity index (χ0v) is 10.9. The molecular weight excluding hydrogens is 200 g/mol. The third-order valence-corrected chi connectivity index (χ3v) is 2.80. The van der Waals surface area contributed by atoms with Crippen molar-refractivity contribution < 1.29 is 4.42 Å². The van der Waals surface area contributed by atoms with Crippen LogP contribution in [0.3, 0.4) is 0 Å². The number of nitrogens with zero attached hydrogens (tertiary/aromatic N) is 1. The van der Waals surface area contributed by atoms with Gasteiger partial charge in [-0.2, -0.15) is 0 Å². The number of furan rings is 1. The standard InChI is InChI=1S/C13H24N2O/c1-5-15(6-2)10-12-7-8-16-13(12)9-14-11(3)4/h7-8,11,14H,5-6,9-10H2,1-4H3. The van der Waals surface area contributed by atoms with Crippen LogP contribution < -0.4 is 5.32 Å². The van der Waals surface area contributed by atoms with Crippen molar-refractivity contribution in [3.05, 3.63) is 23.7 Å². The predicted molar refractivity (Wildman–Crippen MR) is 67.3 cm³/mol. The van der Waals surface area contributed by atoms with Gasteiger partial charge in [0.15, 0.2) is 0 Å². The van der Waals surface area contributed by atoms with Crippen LogP contribution in [0, 0.1) is 0 Å². The molecule has 0 amide bonds. The molecular formula is C13H24N2O. The molecule has 0 atom stereocenters. The average Bonchev–Trinajstić information content (AvgIpc) is 2.70. The van der Waals surface area contributed by atoms with Gasteiger partial charge in [-0.25, -0.2) is 0 Å². The number of rotatable bonds is 7. The van der Waals surface area contributed by atoms with Gasteiger partial charge in [0, 0.05) is 18.2 Å². The average molecular weight is 224 g/mol. The Bertz CT molecular complexity index is 290. The van der Waals surface area contributed by atoms with E-state index < -0.39 is 0 Å². The van der Waals surface area contributed by atoms with Gasteiger partial charge in [-0.15, -0.1) is 0 Å². The molecule has 0 aromatic carbocycles. The van der Waals surface area contributed by atoms with Gasteiger partial charge in [-0.3, -0.25) is 4.90 Å². The fourth-order valence-electron chi connectivity index (χ4n) is 1.65. The second kappa shape index (κ2) is 6.71. The zero-order chi connectivity index (χ0) is 12.0. The van der Waals surface area contributed by atoms with E-state index in [1.807, 2.05) is 0 Å². The van der Waals surface area contributed by atoms with Crippen LogP contribution in [0.5, 0.6) is 0 Å². The highest BCUT2D eigenvalue weighted by Crippen LogP contribution is 2.13. The van der Waals surface area contributed by atoms with E-state index in [9.17, 15) is 0 Å². The SMILES string of the molecule is CCN(CC)Cc1ccoc1CNC(C)C. The first kappa shape index (κ1) is 13.3. The monoisotopic (exact) mass is 224 g/mol. The maximum Gasteiger partial charge on any atom is 0.122 e. The predicted octanol–water partition coefficient (Wildman–Crippen LogP) is 2.62. The topological polar surface area (TPSA) is 28.4 Å². The van der Waals surface area contributed by atoms with Crippen LogP contribution in [-0.4, -0.2) is 24.0 Å². The summed E-state index contributed by atoms with van der Waals surface area (Å²) in [6, 6.07) is 2.57. The molecule has 1 aromatic rings. The summed E-state index contributed by atoms with van der Waals surface area (Å²) in [5.41, 5.74) is 1.30. The van der Waals surface area contributed by atoms with Crippen LogP contribution in [0.15, 0.2) is 16.7 Å². The maximum absolute atomic E-state index is 5.52. The first-order valence-electron chi connectivity index (χ1n) is 6.18. The Balaban J connectivity index is 2.55. The summed E-state index contributed by atoms with van der Waals surface area (Å²) >= 11 is 0. The van der Waals surface area contributed by atoms with Crippen LogP contribution in [0.4, 0.5) is 0 Å².